The van der Waals surface area contributed by atoms with E-state index in [0.717, 1.165) is 42.2 Å². The average Bonchev–Trinajstić information content (AvgIpc) is 3.15. The van der Waals surface area contributed by atoms with E-state index in [1.807, 2.05) is 19.1 Å². The minimum Gasteiger partial charge on any atom is -0.465 e. The van der Waals surface area contributed by atoms with Crippen molar-refractivity contribution < 1.29 is 13.6 Å². The first-order chi connectivity index (χ1) is 14.4. The van der Waals surface area contributed by atoms with Crippen LogP contribution < -0.4 is 10.7 Å². The van der Waals surface area contributed by atoms with Crippen molar-refractivity contribution in [1.29, 1.82) is 0 Å². The van der Waals surface area contributed by atoms with Gasteiger partial charge in [0.1, 0.15) is 17.1 Å². The zero-order valence-corrected chi connectivity index (χ0v) is 18.6. The number of piperazine rings is 1. The summed E-state index contributed by atoms with van der Waals surface area (Å²) in [6.45, 7) is 5.95. The maximum atomic E-state index is 12.8. The monoisotopic (exact) mass is 473 g/mol. The normalized spacial score (nSPS) is 16.6. The van der Waals surface area contributed by atoms with Gasteiger partial charge in [0.05, 0.1) is 11.4 Å². The van der Waals surface area contributed by atoms with Crippen molar-refractivity contribution in [3.05, 3.63) is 68.4 Å². The van der Waals surface area contributed by atoms with Crippen LogP contribution in [0.2, 0.25) is 0 Å². The van der Waals surface area contributed by atoms with E-state index in [-0.39, 0.29) is 17.2 Å². The lowest BCUT2D eigenvalue weighted by atomic mass is 10.1. The summed E-state index contributed by atoms with van der Waals surface area (Å²) >= 11 is 3.34. The number of likely N-dealkylation sites (N-methyl/N-ethyl adjacent to an activating group) is 1. The Labute approximate surface area is 182 Å². The minimum absolute atomic E-state index is 0.00238. The van der Waals surface area contributed by atoms with Crippen LogP contribution in [0.15, 0.2) is 54.5 Å². The van der Waals surface area contributed by atoms with Gasteiger partial charge in [-0.05, 0) is 44.3 Å². The molecule has 8 heteroatoms. The van der Waals surface area contributed by atoms with Crippen molar-refractivity contribution in [3.8, 4) is 0 Å². The smallest absolute Gasteiger partial charge is 0.287 e. The third-order valence-electron chi connectivity index (χ3n) is 5.44. The molecule has 1 unspecified atom stereocenters. The molecule has 2 aromatic heterocycles. The van der Waals surface area contributed by atoms with Gasteiger partial charge in [-0.1, -0.05) is 15.9 Å². The molecule has 1 aliphatic heterocycles. The van der Waals surface area contributed by atoms with Crippen LogP contribution >= 0.6 is 15.9 Å². The molecule has 1 fully saturated rings. The molecule has 0 spiro atoms. The molecule has 0 radical (unpaired) electrons. The van der Waals surface area contributed by atoms with Gasteiger partial charge in [-0.2, -0.15) is 0 Å². The van der Waals surface area contributed by atoms with E-state index < -0.39 is 5.91 Å². The van der Waals surface area contributed by atoms with Gasteiger partial charge in [-0.15, -0.1) is 0 Å². The molecule has 0 aliphatic carbocycles. The highest BCUT2D eigenvalue weighted by atomic mass is 79.9. The summed E-state index contributed by atoms with van der Waals surface area (Å²) in [6, 6.07) is 10.2. The van der Waals surface area contributed by atoms with Crippen LogP contribution in [-0.4, -0.2) is 55.5 Å². The van der Waals surface area contributed by atoms with Crippen molar-refractivity contribution in [2.45, 2.75) is 13.0 Å². The number of carbonyl (C=O) groups excluding carboxylic acids is 1. The maximum Gasteiger partial charge on any atom is 0.287 e. The van der Waals surface area contributed by atoms with E-state index >= 15 is 0 Å². The van der Waals surface area contributed by atoms with Gasteiger partial charge >= 0.3 is 0 Å². The first-order valence-corrected chi connectivity index (χ1v) is 10.7. The lowest BCUT2D eigenvalue weighted by Gasteiger charge is -2.37. The summed E-state index contributed by atoms with van der Waals surface area (Å²) in [7, 11) is 2.10. The number of amides is 1. The molecule has 30 heavy (non-hydrogen) atoms. The van der Waals surface area contributed by atoms with Crippen molar-refractivity contribution in [2.75, 3.05) is 39.8 Å². The fourth-order valence-corrected chi connectivity index (χ4v) is 4.05. The zero-order chi connectivity index (χ0) is 21.3. The predicted octanol–water partition coefficient (Wildman–Crippen LogP) is 3.18. The van der Waals surface area contributed by atoms with Crippen LogP contribution in [0, 0.1) is 6.92 Å². The number of carbonyl (C=O) groups is 1. The molecule has 1 amide bonds. The average molecular weight is 474 g/mol. The molecule has 1 aromatic carbocycles. The van der Waals surface area contributed by atoms with Crippen molar-refractivity contribution >= 4 is 32.8 Å². The topological polar surface area (TPSA) is 78.9 Å². The van der Waals surface area contributed by atoms with Crippen molar-refractivity contribution in [3.63, 3.8) is 0 Å². The van der Waals surface area contributed by atoms with E-state index in [1.54, 1.807) is 18.2 Å². The Balaban J connectivity index is 1.53. The van der Waals surface area contributed by atoms with Crippen LogP contribution in [-0.2, 0) is 0 Å². The predicted molar refractivity (Wildman–Crippen MR) is 118 cm³/mol. The van der Waals surface area contributed by atoms with E-state index in [0.29, 0.717) is 17.5 Å². The van der Waals surface area contributed by atoms with Crippen molar-refractivity contribution in [2.24, 2.45) is 0 Å². The summed E-state index contributed by atoms with van der Waals surface area (Å²) in [6.07, 6.45) is 0. The Kier molecular flexibility index (Phi) is 6.08. The van der Waals surface area contributed by atoms with E-state index in [1.165, 1.54) is 6.07 Å². The third-order valence-corrected chi connectivity index (χ3v) is 5.93. The van der Waals surface area contributed by atoms with Gasteiger partial charge < -0.3 is 19.1 Å². The summed E-state index contributed by atoms with van der Waals surface area (Å²) < 4.78 is 12.3. The number of aryl methyl sites for hydroxylation is 1. The molecular weight excluding hydrogens is 450 g/mol. The molecule has 1 N–H and O–H groups in total. The van der Waals surface area contributed by atoms with Crippen LogP contribution in [0.5, 0.6) is 0 Å². The van der Waals surface area contributed by atoms with Gasteiger partial charge in [-0.25, -0.2) is 0 Å². The first kappa shape index (κ1) is 20.8. The summed E-state index contributed by atoms with van der Waals surface area (Å²) in [4.78, 5) is 29.8. The Bertz CT molecular complexity index is 1120. The molecule has 0 saturated carbocycles. The highest BCUT2D eigenvalue weighted by molar-refractivity contribution is 9.10. The molecule has 0 bridgehead atoms. The van der Waals surface area contributed by atoms with Crippen LogP contribution in [0.4, 0.5) is 0 Å². The Hall–Kier alpha value is -2.42. The highest BCUT2D eigenvalue weighted by Crippen LogP contribution is 2.24. The van der Waals surface area contributed by atoms with Gasteiger partial charge in [0, 0.05) is 43.3 Å². The largest absolute Gasteiger partial charge is 0.465 e. The third kappa shape index (κ3) is 4.50. The second-order valence-electron chi connectivity index (χ2n) is 7.63. The molecule has 1 aliphatic rings. The van der Waals surface area contributed by atoms with Gasteiger partial charge in [0.15, 0.2) is 11.2 Å². The lowest BCUT2D eigenvalue weighted by Crippen LogP contribution is -2.48. The lowest BCUT2D eigenvalue weighted by molar-refractivity contribution is 0.0830. The second kappa shape index (κ2) is 8.75. The number of fused-ring (bicyclic) bond motifs is 1. The number of benzene rings is 1. The number of halogens is 1. The molecule has 3 aromatic rings. The number of nitrogens with one attached hydrogen (secondary N) is 1. The highest BCUT2D eigenvalue weighted by Gasteiger charge is 2.27. The van der Waals surface area contributed by atoms with Crippen LogP contribution in [0.3, 0.4) is 0 Å². The Morgan fingerprint density at radius 2 is 1.90 bits per heavy atom. The number of nitrogens with zero attached hydrogens (tertiary/aromatic N) is 2. The second-order valence-corrected chi connectivity index (χ2v) is 8.54. The maximum absolute atomic E-state index is 12.8. The molecule has 1 atom stereocenters. The summed E-state index contributed by atoms with van der Waals surface area (Å²) in [5, 5.41) is 3.36. The van der Waals surface area contributed by atoms with Gasteiger partial charge in [0.25, 0.3) is 5.91 Å². The standard InChI is InChI=1S/C22H24BrN3O4/c1-14-3-5-20(29-14)17(26-9-7-25(2)8-10-26)13-24-22(28)21-12-18(27)16-11-15(23)4-6-19(16)30-21/h3-6,11-12,17H,7-10,13H2,1-2H3,(H,24,28). The molecular formula is C22H24BrN3O4. The Morgan fingerprint density at radius 1 is 1.13 bits per heavy atom. The molecule has 4 rings (SSSR count). The number of hydrogen-bond acceptors (Lipinski definition) is 6. The van der Waals surface area contributed by atoms with Crippen LogP contribution in [0.25, 0.3) is 11.0 Å². The van der Waals surface area contributed by atoms with E-state index in [2.05, 4.69) is 38.1 Å². The van der Waals surface area contributed by atoms with Crippen molar-refractivity contribution in [1.82, 2.24) is 15.1 Å². The number of hydrogen-bond donors (Lipinski definition) is 1. The molecule has 7 nitrogen and oxygen atoms in total. The number of furan rings is 1. The first-order valence-electron chi connectivity index (χ1n) is 9.91. The SMILES string of the molecule is Cc1ccc(C(CNC(=O)c2cc(=O)c3cc(Br)ccc3o2)N2CCN(C)CC2)o1. The molecule has 158 valence electrons. The van der Waals surface area contributed by atoms with Gasteiger partial charge in [-0.3, -0.25) is 14.5 Å². The van der Waals surface area contributed by atoms with Crippen LogP contribution in [0.1, 0.15) is 28.1 Å². The number of rotatable bonds is 5. The van der Waals surface area contributed by atoms with E-state index in [9.17, 15) is 9.59 Å². The molecule has 3 heterocycles. The summed E-state index contributed by atoms with van der Waals surface area (Å²) in [5.74, 6) is 1.24. The molecule has 1 saturated heterocycles. The minimum atomic E-state index is -0.417. The summed E-state index contributed by atoms with van der Waals surface area (Å²) in [5.41, 5.74) is 0.133. The zero-order valence-electron chi connectivity index (χ0n) is 17.0. The fourth-order valence-electron chi connectivity index (χ4n) is 3.69. The Morgan fingerprint density at radius 3 is 2.60 bits per heavy atom. The van der Waals surface area contributed by atoms with Gasteiger partial charge in [0.2, 0.25) is 0 Å². The quantitative estimate of drug-likeness (QED) is 0.612. The fraction of sp³-hybridized carbons (Fsp3) is 0.364. The van der Waals surface area contributed by atoms with E-state index in [4.69, 9.17) is 8.83 Å².